The molecule has 1 unspecified atom stereocenters. The molecule has 0 aliphatic carbocycles. The van der Waals surface area contributed by atoms with Gasteiger partial charge < -0.3 is 10.5 Å². The number of aryl methyl sites for hydroxylation is 1. The molecule has 2 aromatic rings. The first-order valence-corrected chi connectivity index (χ1v) is 5.54. The highest BCUT2D eigenvalue weighted by atomic mass is 16.5. The minimum absolute atomic E-state index is 0.0541. The Bertz CT molecular complexity index is 517. The molecule has 0 spiro atoms. The van der Waals surface area contributed by atoms with Crippen molar-refractivity contribution in [1.82, 2.24) is 9.78 Å². The number of ether oxygens (including phenoxy) is 1. The molecule has 2 rings (SSSR count). The SMILES string of the molecule is COc1ccc(-c2cnn(C)c2)cc1C(C)N. The Hall–Kier alpha value is -1.81. The molecular weight excluding hydrogens is 214 g/mol. The van der Waals surface area contributed by atoms with Gasteiger partial charge in [-0.15, -0.1) is 0 Å². The summed E-state index contributed by atoms with van der Waals surface area (Å²) in [6.07, 6.45) is 3.82. The predicted molar refractivity (Wildman–Crippen MR) is 67.8 cm³/mol. The highest BCUT2D eigenvalue weighted by molar-refractivity contribution is 5.64. The molecule has 0 radical (unpaired) electrons. The summed E-state index contributed by atoms with van der Waals surface area (Å²) >= 11 is 0. The first-order chi connectivity index (χ1) is 8.11. The zero-order chi connectivity index (χ0) is 12.4. The van der Waals surface area contributed by atoms with Crippen molar-refractivity contribution in [3.05, 3.63) is 36.2 Å². The van der Waals surface area contributed by atoms with E-state index in [0.717, 1.165) is 22.4 Å². The van der Waals surface area contributed by atoms with E-state index in [4.69, 9.17) is 10.5 Å². The molecule has 4 nitrogen and oxygen atoms in total. The summed E-state index contributed by atoms with van der Waals surface area (Å²) in [5.41, 5.74) is 9.13. The number of aromatic nitrogens is 2. The van der Waals surface area contributed by atoms with Gasteiger partial charge in [0.25, 0.3) is 0 Å². The molecule has 0 aliphatic rings. The fourth-order valence-electron chi connectivity index (χ4n) is 1.84. The van der Waals surface area contributed by atoms with Crippen molar-refractivity contribution in [2.45, 2.75) is 13.0 Å². The first-order valence-electron chi connectivity index (χ1n) is 5.54. The van der Waals surface area contributed by atoms with Gasteiger partial charge in [0.2, 0.25) is 0 Å². The van der Waals surface area contributed by atoms with Gasteiger partial charge in [0.15, 0.2) is 0 Å². The van der Waals surface area contributed by atoms with Crippen LogP contribution in [0.3, 0.4) is 0 Å². The quantitative estimate of drug-likeness (QED) is 0.880. The molecule has 4 heteroatoms. The third kappa shape index (κ3) is 2.31. The number of benzene rings is 1. The van der Waals surface area contributed by atoms with Crippen molar-refractivity contribution in [3.63, 3.8) is 0 Å². The normalized spacial score (nSPS) is 12.5. The Kier molecular flexibility index (Phi) is 3.15. The van der Waals surface area contributed by atoms with Gasteiger partial charge >= 0.3 is 0 Å². The molecule has 0 amide bonds. The van der Waals surface area contributed by atoms with Gasteiger partial charge in [-0.2, -0.15) is 5.10 Å². The van der Waals surface area contributed by atoms with Crippen molar-refractivity contribution in [2.24, 2.45) is 12.8 Å². The molecule has 1 aromatic carbocycles. The maximum Gasteiger partial charge on any atom is 0.123 e. The van der Waals surface area contributed by atoms with Crippen LogP contribution in [-0.4, -0.2) is 16.9 Å². The summed E-state index contributed by atoms with van der Waals surface area (Å²) in [5, 5.41) is 4.16. The number of hydrogen-bond donors (Lipinski definition) is 1. The van der Waals surface area contributed by atoms with Gasteiger partial charge in [-0.05, 0) is 24.6 Å². The van der Waals surface area contributed by atoms with E-state index < -0.39 is 0 Å². The van der Waals surface area contributed by atoms with Crippen LogP contribution in [0, 0.1) is 0 Å². The summed E-state index contributed by atoms with van der Waals surface area (Å²) < 4.78 is 7.08. The van der Waals surface area contributed by atoms with E-state index in [2.05, 4.69) is 11.2 Å². The van der Waals surface area contributed by atoms with E-state index >= 15 is 0 Å². The molecule has 90 valence electrons. The second-order valence-corrected chi connectivity index (χ2v) is 4.15. The van der Waals surface area contributed by atoms with Crippen LogP contribution in [0.5, 0.6) is 5.75 Å². The lowest BCUT2D eigenvalue weighted by molar-refractivity contribution is 0.407. The van der Waals surface area contributed by atoms with Gasteiger partial charge in [0.05, 0.1) is 13.3 Å². The first kappa shape index (κ1) is 11.7. The molecule has 0 saturated heterocycles. The van der Waals surface area contributed by atoms with E-state index in [1.165, 1.54) is 0 Å². The highest BCUT2D eigenvalue weighted by Crippen LogP contribution is 2.29. The monoisotopic (exact) mass is 231 g/mol. The van der Waals surface area contributed by atoms with Crippen LogP contribution in [0.1, 0.15) is 18.5 Å². The molecular formula is C13H17N3O. The van der Waals surface area contributed by atoms with Crippen LogP contribution < -0.4 is 10.5 Å². The smallest absolute Gasteiger partial charge is 0.123 e. The molecule has 0 bridgehead atoms. The van der Waals surface area contributed by atoms with Crippen LogP contribution in [0.4, 0.5) is 0 Å². The highest BCUT2D eigenvalue weighted by Gasteiger charge is 2.10. The Morgan fingerprint density at radius 1 is 1.35 bits per heavy atom. The Morgan fingerprint density at radius 2 is 2.12 bits per heavy atom. The lowest BCUT2D eigenvalue weighted by Gasteiger charge is -2.12. The van der Waals surface area contributed by atoms with Crippen molar-refractivity contribution in [3.8, 4) is 16.9 Å². The standard InChI is InChI=1S/C13H17N3O/c1-9(14)12-6-10(4-5-13(12)17-3)11-7-15-16(2)8-11/h4-9H,14H2,1-3H3. The average Bonchev–Trinajstić information content (AvgIpc) is 2.75. The van der Waals surface area contributed by atoms with Crippen molar-refractivity contribution < 1.29 is 4.74 Å². The minimum atomic E-state index is -0.0541. The van der Waals surface area contributed by atoms with Gasteiger partial charge in [0, 0.05) is 30.4 Å². The minimum Gasteiger partial charge on any atom is -0.496 e. The van der Waals surface area contributed by atoms with Crippen molar-refractivity contribution in [2.75, 3.05) is 7.11 Å². The zero-order valence-electron chi connectivity index (χ0n) is 10.3. The van der Waals surface area contributed by atoms with E-state index in [9.17, 15) is 0 Å². The Balaban J connectivity index is 2.47. The Labute approximate surface area is 101 Å². The average molecular weight is 231 g/mol. The van der Waals surface area contributed by atoms with E-state index in [1.54, 1.807) is 11.8 Å². The number of rotatable bonds is 3. The lowest BCUT2D eigenvalue weighted by Crippen LogP contribution is -2.07. The molecule has 0 aliphatic heterocycles. The lowest BCUT2D eigenvalue weighted by atomic mass is 10.0. The van der Waals surface area contributed by atoms with Crippen LogP contribution in [0.2, 0.25) is 0 Å². The maximum atomic E-state index is 5.94. The molecule has 17 heavy (non-hydrogen) atoms. The van der Waals surface area contributed by atoms with E-state index in [-0.39, 0.29) is 6.04 Å². The molecule has 0 saturated carbocycles. The molecule has 1 atom stereocenters. The second kappa shape index (κ2) is 4.59. The molecule has 2 N–H and O–H groups in total. The van der Waals surface area contributed by atoms with Gasteiger partial charge in [-0.1, -0.05) is 6.07 Å². The largest absolute Gasteiger partial charge is 0.496 e. The van der Waals surface area contributed by atoms with E-state index in [1.807, 2.05) is 38.5 Å². The van der Waals surface area contributed by atoms with Crippen molar-refractivity contribution in [1.29, 1.82) is 0 Å². The third-order valence-corrected chi connectivity index (χ3v) is 2.76. The number of nitrogens with two attached hydrogens (primary N) is 1. The number of methoxy groups -OCH3 is 1. The van der Waals surface area contributed by atoms with Crippen LogP contribution >= 0.6 is 0 Å². The molecule has 1 heterocycles. The number of hydrogen-bond acceptors (Lipinski definition) is 3. The summed E-state index contributed by atoms with van der Waals surface area (Å²) in [5.74, 6) is 0.827. The fourth-order valence-corrected chi connectivity index (χ4v) is 1.84. The zero-order valence-corrected chi connectivity index (χ0v) is 10.3. The van der Waals surface area contributed by atoms with Gasteiger partial charge in [-0.25, -0.2) is 0 Å². The molecule has 1 aromatic heterocycles. The van der Waals surface area contributed by atoms with Gasteiger partial charge in [-0.3, -0.25) is 4.68 Å². The van der Waals surface area contributed by atoms with Crippen LogP contribution in [0.15, 0.2) is 30.6 Å². The van der Waals surface area contributed by atoms with Crippen molar-refractivity contribution >= 4 is 0 Å². The topological polar surface area (TPSA) is 53.1 Å². The Morgan fingerprint density at radius 3 is 2.65 bits per heavy atom. The van der Waals surface area contributed by atoms with Crippen LogP contribution in [-0.2, 0) is 7.05 Å². The fraction of sp³-hybridized carbons (Fsp3) is 0.308. The van der Waals surface area contributed by atoms with E-state index in [0.29, 0.717) is 0 Å². The summed E-state index contributed by atoms with van der Waals surface area (Å²) in [4.78, 5) is 0. The van der Waals surface area contributed by atoms with Gasteiger partial charge in [0.1, 0.15) is 5.75 Å². The predicted octanol–water partition coefficient (Wildman–Crippen LogP) is 2.12. The third-order valence-electron chi connectivity index (χ3n) is 2.76. The summed E-state index contributed by atoms with van der Waals surface area (Å²) in [6.45, 7) is 1.95. The number of nitrogens with zero attached hydrogens (tertiary/aromatic N) is 2. The maximum absolute atomic E-state index is 5.94. The summed E-state index contributed by atoms with van der Waals surface area (Å²) in [7, 11) is 3.56. The molecule has 0 fully saturated rings. The second-order valence-electron chi connectivity index (χ2n) is 4.15. The van der Waals surface area contributed by atoms with Crippen LogP contribution in [0.25, 0.3) is 11.1 Å². The summed E-state index contributed by atoms with van der Waals surface area (Å²) in [6, 6.07) is 5.96.